The summed E-state index contributed by atoms with van der Waals surface area (Å²) in [5.74, 6) is 2.99. The third-order valence-electron chi connectivity index (χ3n) is 4.84. The van der Waals surface area contributed by atoms with Crippen molar-refractivity contribution in [2.24, 2.45) is 17.8 Å². The Hall–Kier alpha value is -0.340. The summed E-state index contributed by atoms with van der Waals surface area (Å²) in [6, 6.07) is 5.31. The van der Waals surface area contributed by atoms with Crippen molar-refractivity contribution in [3.63, 3.8) is 0 Å². The van der Waals surface area contributed by atoms with E-state index in [0.29, 0.717) is 11.5 Å². The Morgan fingerprint density at radius 3 is 2.39 bits per heavy atom. The Bertz CT molecular complexity index is 419. The van der Waals surface area contributed by atoms with Gasteiger partial charge in [-0.05, 0) is 55.2 Å². The van der Waals surface area contributed by atoms with E-state index in [2.05, 4.69) is 45.3 Å². The minimum atomic E-state index is 0.292. The van der Waals surface area contributed by atoms with E-state index in [-0.39, 0.29) is 0 Å². The predicted molar refractivity (Wildman–Crippen MR) is 79.1 cm³/mol. The highest BCUT2D eigenvalue weighted by Crippen LogP contribution is 2.62. The first-order valence-corrected chi connectivity index (χ1v) is 8.11. The molecule has 0 saturated heterocycles. The first kappa shape index (κ1) is 12.7. The molecule has 3 unspecified atom stereocenters. The summed E-state index contributed by atoms with van der Waals surface area (Å²) in [6.45, 7) is 6.93. The summed E-state index contributed by atoms with van der Waals surface area (Å²) in [5.41, 5.74) is 0.292. The van der Waals surface area contributed by atoms with Crippen LogP contribution >= 0.6 is 11.3 Å². The number of thiophene rings is 1. The van der Waals surface area contributed by atoms with E-state index < -0.39 is 0 Å². The van der Waals surface area contributed by atoms with Crippen LogP contribution in [0.3, 0.4) is 0 Å². The number of hydrogen-bond acceptors (Lipinski definition) is 2. The predicted octanol–water partition coefficient (Wildman–Crippen LogP) is 4.35. The van der Waals surface area contributed by atoms with Crippen molar-refractivity contribution in [1.82, 2.24) is 5.32 Å². The maximum Gasteiger partial charge on any atom is 0.0446 e. The molecule has 2 aliphatic rings. The fraction of sp³-hybridized carbons (Fsp3) is 0.750. The molecule has 1 N–H and O–H groups in total. The largest absolute Gasteiger partial charge is 0.312 e. The van der Waals surface area contributed by atoms with Crippen LogP contribution in [-0.2, 0) is 5.41 Å². The Morgan fingerprint density at radius 1 is 1.22 bits per heavy atom. The summed E-state index contributed by atoms with van der Waals surface area (Å²) < 4.78 is 0. The van der Waals surface area contributed by atoms with Gasteiger partial charge in [0.2, 0.25) is 0 Å². The smallest absolute Gasteiger partial charge is 0.0446 e. The Morgan fingerprint density at radius 2 is 1.89 bits per heavy atom. The number of fused-ring (bicyclic) bond motifs is 1. The summed E-state index contributed by atoms with van der Waals surface area (Å²) in [4.78, 5) is 3.07. The van der Waals surface area contributed by atoms with Crippen molar-refractivity contribution >= 4 is 11.3 Å². The maximum absolute atomic E-state index is 3.58. The van der Waals surface area contributed by atoms with Crippen LogP contribution in [0.15, 0.2) is 12.1 Å². The third-order valence-corrected chi connectivity index (χ3v) is 6.44. The summed E-state index contributed by atoms with van der Waals surface area (Å²) in [7, 11) is 2.13. The molecule has 0 aliphatic heterocycles. The van der Waals surface area contributed by atoms with Gasteiger partial charge in [0.05, 0.1) is 0 Å². The van der Waals surface area contributed by atoms with Gasteiger partial charge in [-0.2, -0.15) is 0 Å². The third kappa shape index (κ3) is 2.04. The van der Waals surface area contributed by atoms with Gasteiger partial charge in [0.1, 0.15) is 0 Å². The quantitative estimate of drug-likeness (QED) is 0.855. The van der Waals surface area contributed by atoms with E-state index >= 15 is 0 Å². The minimum absolute atomic E-state index is 0.292. The Kier molecular flexibility index (Phi) is 3.06. The van der Waals surface area contributed by atoms with Crippen LogP contribution in [-0.4, -0.2) is 7.05 Å². The molecule has 3 rings (SSSR count). The maximum atomic E-state index is 3.58. The average Bonchev–Trinajstić information content (AvgIpc) is 2.76. The molecular weight excluding hydrogens is 238 g/mol. The van der Waals surface area contributed by atoms with Gasteiger partial charge < -0.3 is 5.32 Å². The molecular formula is C16H25NS. The number of rotatable bonds is 3. The molecule has 0 spiro atoms. The fourth-order valence-corrected chi connectivity index (χ4v) is 5.05. The number of nitrogens with one attached hydrogen (secondary N) is 1. The molecule has 100 valence electrons. The molecule has 0 radical (unpaired) electrons. The molecule has 1 aromatic rings. The molecule has 1 aromatic heterocycles. The highest BCUT2D eigenvalue weighted by Gasteiger charge is 2.56. The molecule has 2 aliphatic carbocycles. The lowest BCUT2D eigenvalue weighted by molar-refractivity contribution is 0.450. The van der Waals surface area contributed by atoms with Crippen LogP contribution < -0.4 is 5.32 Å². The first-order valence-electron chi connectivity index (χ1n) is 7.30. The zero-order valence-corrected chi connectivity index (χ0v) is 12.8. The Balaban J connectivity index is 1.78. The van der Waals surface area contributed by atoms with Crippen molar-refractivity contribution in [2.75, 3.05) is 7.05 Å². The van der Waals surface area contributed by atoms with Crippen LogP contribution in [0.25, 0.3) is 0 Å². The summed E-state index contributed by atoms with van der Waals surface area (Å²) in [6.07, 6.45) is 4.43. The van der Waals surface area contributed by atoms with Gasteiger partial charge in [0.25, 0.3) is 0 Å². The molecule has 1 heterocycles. The van der Waals surface area contributed by atoms with E-state index in [4.69, 9.17) is 0 Å². The zero-order valence-electron chi connectivity index (χ0n) is 12.0. The second-order valence-electron chi connectivity index (χ2n) is 7.05. The standard InChI is InChI=1S/C16H25NS/c1-16(2,3)13-9-8-12(18-13)15(17-4)14-10-6-5-7-11(10)14/h8-11,14-15,17H,5-7H2,1-4H3. The average molecular weight is 263 g/mol. The second kappa shape index (κ2) is 4.35. The molecule has 18 heavy (non-hydrogen) atoms. The van der Waals surface area contributed by atoms with Gasteiger partial charge in [-0.25, -0.2) is 0 Å². The van der Waals surface area contributed by atoms with Gasteiger partial charge >= 0.3 is 0 Å². The SMILES string of the molecule is CNC(c1ccc(C(C)(C)C)s1)C1C2CCCC21. The monoisotopic (exact) mass is 263 g/mol. The van der Waals surface area contributed by atoms with Crippen LogP contribution in [0.5, 0.6) is 0 Å². The van der Waals surface area contributed by atoms with E-state index in [1.165, 1.54) is 24.1 Å². The summed E-state index contributed by atoms with van der Waals surface area (Å²) in [5, 5.41) is 3.58. The first-order chi connectivity index (χ1) is 8.52. The molecule has 1 nitrogen and oxygen atoms in total. The lowest BCUT2D eigenvalue weighted by Gasteiger charge is -2.18. The lowest BCUT2D eigenvalue weighted by Crippen LogP contribution is -2.19. The Labute approximate surface area is 115 Å². The van der Waals surface area contributed by atoms with Gasteiger partial charge in [0, 0.05) is 15.8 Å². The topological polar surface area (TPSA) is 12.0 Å². The van der Waals surface area contributed by atoms with E-state index in [9.17, 15) is 0 Å². The van der Waals surface area contributed by atoms with Crippen LogP contribution in [0.2, 0.25) is 0 Å². The van der Waals surface area contributed by atoms with Crippen molar-refractivity contribution < 1.29 is 0 Å². The van der Waals surface area contributed by atoms with Crippen molar-refractivity contribution in [3.05, 3.63) is 21.9 Å². The van der Waals surface area contributed by atoms with Gasteiger partial charge in [-0.15, -0.1) is 11.3 Å². The molecule has 2 heteroatoms. The molecule has 2 fully saturated rings. The van der Waals surface area contributed by atoms with E-state index in [1.807, 2.05) is 11.3 Å². The van der Waals surface area contributed by atoms with Crippen LogP contribution in [0, 0.1) is 17.8 Å². The molecule has 0 bridgehead atoms. The molecule has 0 aromatic carbocycles. The minimum Gasteiger partial charge on any atom is -0.312 e. The fourth-order valence-electron chi connectivity index (χ4n) is 3.82. The molecule has 0 amide bonds. The van der Waals surface area contributed by atoms with Crippen molar-refractivity contribution in [2.45, 2.75) is 51.5 Å². The van der Waals surface area contributed by atoms with Gasteiger partial charge in [-0.3, -0.25) is 0 Å². The van der Waals surface area contributed by atoms with Crippen LogP contribution in [0.1, 0.15) is 55.8 Å². The second-order valence-corrected chi connectivity index (χ2v) is 8.17. The van der Waals surface area contributed by atoms with Gasteiger partial charge in [0.15, 0.2) is 0 Å². The highest BCUT2D eigenvalue weighted by atomic mass is 32.1. The lowest BCUT2D eigenvalue weighted by atomic mass is 9.95. The van der Waals surface area contributed by atoms with E-state index in [0.717, 1.165) is 17.8 Å². The highest BCUT2D eigenvalue weighted by molar-refractivity contribution is 7.12. The van der Waals surface area contributed by atoms with Crippen molar-refractivity contribution in [3.8, 4) is 0 Å². The molecule has 2 saturated carbocycles. The van der Waals surface area contributed by atoms with E-state index in [1.54, 1.807) is 4.88 Å². The zero-order chi connectivity index (χ0) is 12.9. The summed E-state index contributed by atoms with van der Waals surface area (Å²) >= 11 is 2.02. The van der Waals surface area contributed by atoms with Crippen LogP contribution in [0.4, 0.5) is 0 Å². The normalized spacial score (nSPS) is 32.3. The molecule has 3 atom stereocenters. The van der Waals surface area contributed by atoms with Gasteiger partial charge in [-0.1, -0.05) is 27.2 Å². The number of hydrogen-bond donors (Lipinski definition) is 1. The van der Waals surface area contributed by atoms with Crippen molar-refractivity contribution in [1.29, 1.82) is 0 Å².